The van der Waals surface area contributed by atoms with Crippen LogP contribution in [0.2, 0.25) is 0 Å². The molecule has 1 heterocycles. The van der Waals surface area contributed by atoms with Gasteiger partial charge >= 0.3 is 5.69 Å². The van der Waals surface area contributed by atoms with Crippen LogP contribution in [0.25, 0.3) is 0 Å². The van der Waals surface area contributed by atoms with Gasteiger partial charge in [-0.3, -0.25) is 10.1 Å². The van der Waals surface area contributed by atoms with Crippen molar-refractivity contribution in [2.75, 3.05) is 18.5 Å². The van der Waals surface area contributed by atoms with Gasteiger partial charge in [-0.25, -0.2) is 4.98 Å². The Morgan fingerprint density at radius 2 is 2.11 bits per heavy atom. The molecule has 0 saturated carbocycles. The summed E-state index contributed by atoms with van der Waals surface area (Å²) in [7, 11) is 0. The lowest BCUT2D eigenvalue weighted by Crippen LogP contribution is -2.12. The van der Waals surface area contributed by atoms with E-state index in [9.17, 15) is 10.1 Å². The molecule has 7 nitrogen and oxygen atoms in total. The molecule has 0 aliphatic carbocycles. The Bertz CT molecular complexity index is 449. The van der Waals surface area contributed by atoms with Crippen molar-refractivity contribution >= 4 is 11.6 Å². The van der Waals surface area contributed by atoms with Crippen LogP contribution in [0.3, 0.4) is 0 Å². The van der Waals surface area contributed by atoms with E-state index in [0.717, 1.165) is 6.42 Å². The highest BCUT2D eigenvalue weighted by Crippen LogP contribution is 2.28. The lowest BCUT2D eigenvalue weighted by Gasteiger charge is -2.11. The lowest BCUT2D eigenvalue weighted by molar-refractivity contribution is -0.387. The minimum Gasteiger partial charge on any atom is -0.472 e. The molecule has 0 radical (unpaired) electrons. The average molecular weight is 268 g/mol. The normalized spacial score (nSPS) is 10.6. The summed E-state index contributed by atoms with van der Waals surface area (Å²) in [5, 5.41) is 14.0. The Hall–Kier alpha value is -1.92. The number of nitro groups is 1. The van der Waals surface area contributed by atoms with E-state index >= 15 is 0 Å². The Morgan fingerprint density at radius 1 is 1.42 bits per heavy atom. The molecular weight excluding hydrogens is 248 g/mol. The first-order valence-corrected chi connectivity index (χ1v) is 6.35. The summed E-state index contributed by atoms with van der Waals surface area (Å²) in [4.78, 5) is 18.7. The molecule has 1 rings (SSSR count). The van der Waals surface area contributed by atoms with E-state index in [0.29, 0.717) is 24.8 Å². The van der Waals surface area contributed by atoms with Crippen LogP contribution in [0.4, 0.5) is 11.6 Å². The molecule has 0 bridgehead atoms. The van der Waals surface area contributed by atoms with E-state index in [1.165, 1.54) is 0 Å². The first kappa shape index (κ1) is 15.1. The minimum absolute atomic E-state index is 0.0322. The second kappa shape index (κ2) is 6.86. The molecule has 0 aliphatic heterocycles. The highest BCUT2D eigenvalue weighted by Gasteiger charge is 2.23. The molecule has 1 N–H and O–H groups in total. The van der Waals surface area contributed by atoms with Crippen molar-refractivity contribution in [2.45, 2.75) is 34.1 Å². The number of hydrogen-bond acceptors (Lipinski definition) is 6. The third-order valence-electron chi connectivity index (χ3n) is 2.30. The van der Waals surface area contributed by atoms with Crippen LogP contribution in [-0.4, -0.2) is 28.0 Å². The predicted molar refractivity (Wildman–Crippen MR) is 72.5 cm³/mol. The van der Waals surface area contributed by atoms with Gasteiger partial charge in [0.15, 0.2) is 0 Å². The SMILES string of the molecule is CCCNc1nc(C)c([N+](=O)[O-])c(OCC(C)C)n1. The summed E-state index contributed by atoms with van der Waals surface area (Å²) in [6.45, 7) is 8.62. The molecule has 0 aromatic carbocycles. The van der Waals surface area contributed by atoms with Crippen LogP contribution in [-0.2, 0) is 0 Å². The fourth-order valence-corrected chi connectivity index (χ4v) is 1.41. The summed E-state index contributed by atoms with van der Waals surface area (Å²) in [6, 6.07) is 0. The molecule has 1 aromatic rings. The van der Waals surface area contributed by atoms with Crippen molar-refractivity contribution in [1.82, 2.24) is 9.97 Å². The Morgan fingerprint density at radius 3 is 2.63 bits per heavy atom. The van der Waals surface area contributed by atoms with Crippen LogP contribution in [0.1, 0.15) is 32.9 Å². The maximum absolute atomic E-state index is 11.0. The molecule has 0 atom stereocenters. The first-order valence-electron chi connectivity index (χ1n) is 6.35. The lowest BCUT2D eigenvalue weighted by atomic mass is 10.2. The molecule has 0 aliphatic rings. The number of anilines is 1. The second-order valence-corrected chi connectivity index (χ2v) is 4.68. The standard InChI is InChI=1S/C12H20N4O3/c1-5-6-13-12-14-9(4)10(16(17)18)11(15-12)19-7-8(2)3/h8H,5-7H2,1-4H3,(H,13,14,15). The van der Waals surface area contributed by atoms with Crippen LogP contribution in [0, 0.1) is 23.0 Å². The van der Waals surface area contributed by atoms with Gasteiger partial charge in [-0.2, -0.15) is 4.98 Å². The summed E-state index contributed by atoms with van der Waals surface area (Å²) < 4.78 is 5.43. The predicted octanol–water partition coefficient (Wildman–Crippen LogP) is 2.55. The van der Waals surface area contributed by atoms with E-state index in [1.54, 1.807) is 6.92 Å². The van der Waals surface area contributed by atoms with Crippen molar-refractivity contribution in [3.8, 4) is 5.88 Å². The Kier molecular flexibility index (Phi) is 5.47. The van der Waals surface area contributed by atoms with Gasteiger partial charge in [-0.1, -0.05) is 20.8 Å². The van der Waals surface area contributed by atoms with Gasteiger partial charge in [0.1, 0.15) is 5.69 Å². The van der Waals surface area contributed by atoms with Crippen LogP contribution in [0.15, 0.2) is 0 Å². The number of nitrogens with one attached hydrogen (secondary N) is 1. The average Bonchev–Trinajstić information content (AvgIpc) is 2.32. The van der Waals surface area contributed by atoms with Crippen molar-refractivity contribution in [3.63, 3.8) is 0 Å². The van der Waals surface area contributed by atoms with Gasteiger partial charge in [0.05, 0.1) is 11.5 Å². The third kappa shape index (κ3) is 4.35. The summed E-state index contributed by atoms with van der Waals surface area (Å²) in [6.07, 6.45) is 0.918. The van der Waals surface area contributed by atoms with Gasteiger partial charge in [-0.05, 0) is 19.3 Å². The Balaban J connectivity index is 3.06. The maximum Gasteiger partial charge on any atom is 0.352 e. The van der Waals surface area contributed by atoms with Crippen LogP contribution < -0.4 is 10.1 Å². The molecule has 0 spiro atoms. The molecule has 0 fully saturated rings. The molecular formula is C12H20N4O3. The molecule has 1 aromatic heterocycles. The molecule has 0 saturated heterocycles. The summed E-state index contributed by atoms with van der Waals surface area (Å²) in [5.74, 6) is 0.662. The van der Waals surface area contributed by atoms with Crippen LogP contribution >= 0.6 is 0 Å². The zero-order valence-corrected chi connectivity index (χ0v) is 11.8. The highest BCUT2D eigenvalue weighted by atomic mass is 16.6. The van der Waals surface area contributed by atoms with Crippen molar-refractivity contribution < 1.29 is 9.66 Å². The zero-order valence-electron chi connectivity index (χ0n) is 11.8. The third-order valence-corrected chi connectivity index (χ3v) is 2.30. The van der Waals surface area contributed by atoms with E-state index in [1.807, 2.05) is 20.8 Å². The molecule has 0 unspecified atom stereocenters. The zero-order chi connectivity index (χ0) is 14.4. The first-order chi connectivity index (χ1) is 8.95. The van der Waals surface area contributed by atoms with Gasteiger partial charge in [0.25, 0.3) is 5.88 Å². The van der Waals surface area contributed by atoms with Gasteiger partial charge in [0, 0.05) is 6.54 Å². The van der Waals surface area contributed by atoms with E-state index in [2.05, 4.69) is 15.3 Å². The number of hydrogen-bond donors (Lipinski definition) is 1. The van der Waals surface area contributed by atoms with E-state index in [-0.39, 0.29) is 17.5 Å². The quantitative estimate of drug-likeness (QED) is 0.603. The number of ether oxygens (including phenoxy) is 1. The van der Waals surface area contributed by atoms with Gasteiger partial charge in [0.2, 0.25) is 5.95 Å². The fraction of sp³-hybridized carbons (Fsp3) is 0.667. The summed E-state index contributed by atoms with van der Waals surface area (Å²) >= 11 is 0. The van der Waals surface area contributed by atoms with E-state index < -0.39 is 4.92 Å². The molecule has 0 amide bonds. The van der Waals surface area contributed by atoms with Crippen LogP contribution in [0.5, 0.6) is 5.88 Å². The fourth-order valence-electron chi connectivity index (χ4n) is 1.41. The van der Waals surface area contributed by atoms with Gasteiger partial charge < -0.3 is 10.1 Å². The van der Waals surface area contributed by atoms with Crippen molar-refractivity contribution in [2.24, 2.45) is 5.92 Å². The monoisotopic (exact) mass is 268 g/mol. The Labute approximate surface area is 112 Å². The smallest absolute Gasteiger partial charge is 0.352 e. The number of rotatable bonds is 7. The number of aryl methyl sites for hydroxylation is 1. The minimum atomic E-state index is -0.505. The molecule has 106 valence electrons. The molecule has 19 heavy (non-hydrogen) atoms. The highest BCUT2D eigenvalue weighted by molar-refractivity contribution is 5.48. The number of nitrogens with zero attached hydrogens (tertiary/aromatic N) is 3. The van der Waals surface area contributed by atoms with Crippen molar-refractivity contribution in [3.05, 3.63) is 15.8 Å². The van der Waals surface area contributed by atoms with E-state index in [4.69, 9.17) is 4.74 Å². The maximum atomic E-state index is 11.0. The summed E-state index contributed by atoms with van der Waals surface area (Å²) in [5.41, 5.74) is 0.139. The second-order valence-electron chi connectivity index (χ2n) is 4.68. The largest absolute Gasteiger partial charge is 0.472 e. The van der Waals surface area contributed by atoms with Crippen molar-refractivity contribution in [1.29, 1.82) is 0 Å². The number of aromatic nitrogens is 2. The topological polar surface area (TPSA) is 90.2 Å². The molecule has 7 heteroatoms. The van der Waals surface area contributed by atoms with Gasteiger partial charge in [-0.15, -0.1) is 0 Å².